The van der Waals surface area contributed by atoms with Gasteiger partial charge in [-0.3, -0.25) is 4.90 Å². The topological polar surface area (TPSA) is 108 Å². The van der Waals surface area contributed by atoms with Crippen LogP contribution in [0.5, 0.6) is 0 Å². The highest BCUT2D eigenvalue weighted by Gasteiger charge is 2.42. The van der Waals surface area contributed by atoms with Gasteiger partial charge in [-0.2, -0.15) is 13.2 Å². The van der Waals surface area contributed by atoms with Gasteiger partial charge in [-0.1, -0.05) is 0 Å². The lowest BCUT2D eigenvalue weighted by molar-refractivity contribution is -0.157. The van der Waals surface area contributed by atoms with Crippen LogP contribution < -0.4 is 5.32 Å². The van der Waals surface area contributed by atoms with Crippen LogP contribution in [-0.4, -0.2) is 55.0 Å². The minimum atomic E-state index is -4.77. The molecule has 1 saturated heterocycles. The first-order chi connectivity index (χ1) is 19.2. The highest BCUT2D eigenvalue weighted by atomic mass is 19.4. The van der Waals surface area contributed by atoms with Crippen molar-refractivity contribution >= 4 is 6.09 Å². The molecule has 0 bridgehead atoms. The fraction of sp³-hybridized carbons (Fsp3) is 0.538. The number of carbonyl (C=O) groups is 1. The molecule has 222 valence electrons. The molecule has 15 heteroatoms. The summed E-state index contributed by atoms with van der Waals surface area (Å²) in [5.41, 5.74) is 0.597. The predicted molar refractivity (Wildman–Crippen MR) is 132 cm³/mol. The van der Waals surface area contributed by atoms with Crippen LogP contribution >= 0.6 is 0 Å². The molecular weight excluding hydrogens is 555 g/mol. The summed E-state index contributed by atoms with van der Waals surface area (Å²) in [6.45, 7) is 8.19. The zero-order valence-corrected chi connectivity index (χ0v) is 22.8. The van der Waals surface area contributed by atoms with Crippen LogP contribution in [0.4, 0.5) is 26.7 Å². The monoisotopic (exact) mass is 584 g/mol. The van der Waals surface area contributed by atoms with Gasteiger partial charge in [-0.05, 0) is 52.3 Å². The van der Waals surface area contributed by atoms with E-state index in [4.69, 9.17) is 13.9 Å². The number of halogens is 5. The summed E-state index contributed by atoms with van der Waals surface area (Å²) in [4.78, 5) is 19.2. The third-order valence-corrected chi connectivity index (χ3v) is 6.88. The van der Waals surface area contributed by atoms with Crippen molar-refractivity contribution in [2.45, 2.75) is 83.7 Å². The second-order valence-electron chi connectivity index (χ2n) is 11.0. The molecule has 1 amide bonds. The zero-order chi connectivity index (χ0) is 29.7. The number of alkyl halides is 3. The molecular formula is C26H29F5N6O4. The van der Waals surface area contributed by atoms with Gasteiger partial charge >= 0.3 is 18.2 Å². The van der Waals surface area contributed by atoms with Gasteiger partial charge in [-0.25, -0.2) is 18.6 Å². The van der Waals surface area contributed by atoms with Gasteiger partial charge in [0.1, 0.15) is 23.3 Å². The highest BCUT2D eigenvalue weighted by molar-refractivity contribution is 5.68. The van der Waals surface area contributed by atoms with Gasteiger partial charge in [-0.15, -0.1) is 10.2 Å². The molecule has 1 fully saturated rings. The number of hydrogen-bond acceptors (Lipinski definition) is 8. The minimum Gasteiger partial charge on any atom is -0.444 e. The normalized spacial score (nSPS) is 21.6. The van der Waals surface area contributed by atoms with Gasteiger partial charge in [0.05, 0.1) is 24.0 Å². The average Bonchev–Trinajstić information content (AvgIpc) is 3.58. The number of rotatable bonds is 5. The van der Waals surface area contributed by atoms with Gasteiger partial charge in [0.15, 0.2) is 5.82 Å². The summed E-state index contributed by atoms with van der Waals surface area (Å²) >= 11 is 0. The molecule has 0 unspecified atom stereocenters. The third-order valence-electron chi connectivity index (χ3n) is 6.88. The number of nitrogens with zero attached hydrogens (tertiary/aromatic N) is 5. The van der Waals surface area contributed by atoms with Gasteiger partial charge < -0.3 is 23.8 Å². The van der Waals surface area contributed by atoms with Gasteiger partial charge in [0.2, 0.25) is 0 Å². The Hall–Kier alpha value is -3.59. The summed E-state index contributed by atoms with van der Waals surface area (Å²) in [6.07, 6.45) is -6.14. The van der Waals surface area contributed by atoms with Crippen LogP contribution in [0.2, 0.25) is 0 Å². The molecule has 41 heavy (non-hydrogen) atoms. The third kappa shape index (κ3) is 6.05. The van der Waals surface area contributed by atoms with Crippen LogP contribution in [0.1, 0.15) is 63.1 Å². The van der Waals surface area contributed by atoms with Gasteiger partial charge in [0.25, 0.3) is 5.89 Å². The number of ether oxygens (including phenoxy) is 2. The Kier molecular flexibility index (Phi) is 7.53. The Morgan fingerprint density at radius 3 is 2.59 bits per heavy atom. The van der Waals surface area contributed by atoms with E-state index in [9.17, 15) is 26.7 Å². The number of benzene rings is 1. The number of nitrogens with one attached hydrogen (secondary N) is 1. The number of hydrogen-bond donors (Lipinski definition) is 1. The molecule has 2 aromatic heterocycles. The summed E-state index contributed by atoms with van der Waals surface area (Å²) < 4.78 is 85.6. The Bertz CT molecular complexity index is 1430. The molecule has 2 aliphatic rings. The minimum absolute atomic E-state index is 0.0178. The number of imidazole rings is 1. The molecule has 3 aromatic rings. The molecule has 10 nitrogen and oxygen atoms in total. The Morgan fingerprint density at radius 1 is 1.17 bits per heavy atom. The maximum absolute atomic E-state index is 14.7. The second kappa shape index (κ2) is 10.7. The van der Waals surface area contributed by atoms with Gasteiger partial charge in [0, 0.05) is 31.2 Å². The number of fused-ring (bicyclic) bond motifs is 1. The van der Waals surface area contributed by atoms with E-state index >= 15 is 0 Å². The highest BCUT2D eigenvalue weighted by Crippen LogP contribution is 2.37. The molecule has 1 aromatic carbocycles. The molecule has 5 rings (SSSR count). The van der Waals surface area contributed by atoms with Crippen molar-refractivity contribution in [2.75, 3.05) is 6.61 Å². The molecule has 0 saturated carbocycles. The smallest absolute Gasteiger partial charge is 0.444 e. The van der Waals surface area contributed by atoms with E-state index < -0.39 is 47.5 Å². The van der Waals surface area contributed by atoms with Crippen molar-refractivity contribution in [3.05, 3.63) is 52.7 Å². The number of amides is 1. The first-order valence-electron chi connectivity index (χ1n) is 13.0. The lowest BCUT2D eigenvalue weighted by Gasteiger charge is -2.40. The van der Waals surface area contributed by atoms with Crippen molar-refractivity contribution in [2.24, 2.45) is 0 Å². The van der Waals surface area contributed by atoms with Crippen LogP contribution in [0.25, 0.3) is 11.7 Å². The van der Waals surface area contributed by atoms with Crippen molar-refractivity contribution < 1.29 is 40.6 Å². The summed E-state index contributed by atoms with van der Waals surface area (Å²) in [5.74, 6) is -2.94. The maximum atomic E-state index is 14.7. The van der Waals surface area contributed by atoms with Crippen LogP contribution in [-0.2, 0) is 35.3 Å². The fourth-order valence-corrected chi connectivity index (χ4v) is 5.17. The van der Waals surface area contributed by atoms with Crippen molar-refractivity contribution in [1.82, 2.24) is 30.0 Å². The van der Waals surface area contributed by atoms with Crippen molar-refractivity contribution in [3.8, 4) is 11.7 Å². The number of carbonyl (C=O) groups excluding carboxylic acids is 1. The standard InChI is InChI=1S/C26H29F5N6O4/c1-5-37-19-11-36(10-18(19)32-21(37)22-34-35-23(40-22)26(29,30)31)14-9-17(33-24(38)41-25(2,3)4)20(39-12-14)15-8-13(27)6-7-16(15)28/h6-8,14,17,20H,5,9-12H2,1-4H3,(H,33,38)/t14-,17+,20-/m1/s1. The summed E-state index contributed by atoms with van der Waals surface area (Å²) in [7, 11) is 0. The Balaban J connectivity index is 1.36. The van der Waals surface area contributed by atoms with E-state index in [1.807, 2.05) is 11.8 Å². The maximum Gasteiger partial charge on any atom is 0.470 e. The lowest BCUT2D eigenvalue weighted by Crippen LogP contribution is -2.52. The summed E-state index contributed by atoms with van der Waals surface area (Å²) in [6, 6.07) is 2.05. The second-order valence-corrected chi connectivity index (χ2v) is 11.0. The first-order valence-corrected chi connectivity index (χ1v) is 13.0. The van der Waals surface area contributed by atoms with Crippen LogP contribution in [0, 0.1) is 11.6 Å². The molecule has 0 aliphatic carbocycles. The molecule has 4 heterocycles. The molecule has 0 radical (unpaired) electrons. The quantitative estimate of drug-likeness (QED) is 0.418. The molecule has 2 aliphatic heterocycles. The van der Waals surface area contributed by atoms with E-state index in [2.05, 4.69) is 20.5 Å². The SMILES string of the molecule is CCn1c(-c2nnc(C(F)(F)F)o2)nc2c1CN([C@H]1CO[C@H](c3cc(F)ccc3F)[C@@H](NC(=O)OC(C)(C)C)C1)C2. The lowest BCUT2D eigenvalue weighted by atomic mass is 9.92. The Labute approximate surface area is 231 Å². The fourth-order valence-electron chi connectivity index (χ4n) is 5.17. The van der Waals surface area contributed by atoms with Crippen molar-refractivity contribution in [1.29, 1.82) is 0 Å². The van der Waals surface area contributed by atoms with Crippen molar-refractivity contribution in [3.63, 3.8) is 0 Å². The van der Waals surface area contributed by atoms with Crippen LogP contribution in [0.15, 0.2) is 22.6 Å². The molecule has 3 atom stereocenters. The zero-order valence-electron chi connectivity index (χ0n) is 22.8. The number of alkyl carbamates (subject to hydrolysis) is 1. The van der Waals surface area contributed by atoms with E-state index in [0.29, 0.717) is 31.7 Å². The summed E-state index contributed by atoms with van der Waals surface area (Å²) in [5, 5.41) is 9.39. The molecule has 1 N–H and O–H groups in total. The van der Waals surface area contributed by atoms with E-state index in [1.54, 1.807) is 25.3 Å². The largest absolute Gasteiger partial charge is 0.470 e. The van der Waals surface area contributed by atoms with E-state index in [1.165, 1.54) is 0 Å². The molecule has 0 spiro atoms. The van der Waals surface area contributed by atoms with E-state index in [0.717, 1.165) is 23.9 Å². The average molecular weight is 585 g/mol. The van der Waals surface area contributed by atoms with E-state index in [-0.39, 0.29) is 29.9 Å². The van der Waals surface area contributed by atoms with Crippen LogP contribution in [0.3, 0.4) is 0 Å². The number of aromatic nitrogens is 4. The Morgan fingerprint density at radius 2 is 1.93 bits per heavy atom. The first kappa shape index (κ1) is 28.9. The predicted octanol–water partition coefficient (Wildman–Crippen LogP) is 4.99.